The van der Waals surface area contributed by atoms with Crippen LogP contribution in [0.1, 0.15) is 164 Å². The quantitative estimate of drug-likeness (QED) is 0.130. The molecule has 0 saturated carbocycles. The first-order valence-corrected chi connectivity index (χ1v) is 46.1. The Labute approximate surface area is 818 Å². The molecule has 0 radical (unpaired) electrons. The second kappa shape index (κ2) is 34.3. The van der Waals surface area contributed by atoms with Crippen molar-refractivity contribution in [1.29, 1.82) is 0 Å². The summed E-state index contributed by atoms with van der Waals surface area (Å²) in [5.41, 5.74) is 22.1. The molecule has 5 aliphatic rings. The first-order valence-electron chi connectivity index (χ1n) is 52.6. The van der Waals surface area contributed by atoms with Crippen molar-refractivity contribution in [3.63, 3.8) is 0 Å². The highest BCUT2D eigenvalue weighted by molar-refractivity contribution is 6.15. The van der Waals surface area contributed by atoms with Crippen molar-refractivity contribution < 1.29 is 39.9 Å². The van der Waals surface area contributed by atoms with Crippen molar-refractivity contribution in [3.05, 3.63) is 251 Å². The van der Waals surface area contributed by atoms with E-state index in [1.54, 1.807) is 42.1 Å². The van der Waals surface area contributed by atoms with Gasteiger partial charge in [0.2, 0.25) is 28.6 Å². The number of hydrogen-bond acceptors (Lipinski definition) is 28. The van der Waals surface area contributed by atoms with E-state index in [2.05, 4.69) is 145 Å². The largest absolute Gasteiger partial charge is 0.435 e. The molecule has 28 heteroatoms. The van der Waals surface area contributed by atoms with E-state index in [0.717, 1.165) is 173 Å². The number of hydrogen-bond donors (Lipinski definition) is 0. The number of pyridine rings is 7. The lowest BCUT2D eigenvalue weighted by atomic mass is 10.1. The second-order valence-electron chi connectivity index (χ2n) is 36.3. The van der Waals surface area contributed by atoms with Gasteiger partial charge < -0.3 is 56.4 Å². The van der Waals surface area contributed by atoms with Gasteiger partial charge in [-0.05, 0) is 272 Å². The number of rotatable bonds is 9. The van der Waals surface area contributed by atoms with Gasteiger partial charge in [-0.1, -0.05) is 60.7 Å². The summed E-state index contributed by atoms with van der Waals surface area (Å²) in [6.45, 7) is 32.4. The molecule has 0 fully saturated rings. The topological polar surface area (TPSA) is 266 Å². The third-order valence-corrected chi connectivity index (χ3v) is 26.6. The highest BCUT2D eigenvalue weighted by Gasteiger charge is 2.45. The van der Waals surface area contributed by atoms with Crippen LogP contribution in [0.15, 0.2) is 217 Å². The normalized spacial score (nSPS) is 19.3. The van der Waals surface area contributed by atoms with Crippen molar-refractivity contribution >= 4 is 197 Å². The molecule has 25 rings (SSSR count). The fourth-order valence-electron chi connectivity index (χ4n) is 20.4. The van der Waals surface area contributed by atoms with Crippen molar-refractivity contribution in [2.75, 3.05) is 56.0 Å². The molecule has 20 heterocycles. The Kier molecular flexibility index (Phi) is 18.6. The zero-order chi connectivity index (χ0) is 107. The number of furan rings is 5. The van der Waals surface area contributed by atoms with Crippen molar-refractivity contribution in [3.8, 4) is 0 Å². The van der Waals surface area contributed by atoms with Crippen LogP contribution in [0.3, 0.4) is 0 Å². The van der Waals surface area contributed by atoms with E-state index in [0.29, 0.717) is 80.2 Å². The van der Waals surface area contributed by atoms with Crippen LogP contribution in [0.2, 0.25) is 0 Å². The van der Waals surface area contributed by atoms with E-state index >= 15 is 0 Å². The van der Waals surface area contributed by atoms with Gasteiger partial charge in [0.1, 0.15) is 30.8 Å². The minimum Gasteiger partial charge on any atom is -0.435 e. The summed E-state index contributed by atoms with van der Waals surface area (Å²) in [5, 5.41) is 9.62. The number of nitrogens with zero attached hydrogens (tertiary/aromatic N) is 23. The van der Waals surface area contributed by atoms with E-state index in [4.69, 9.17) is 39.9 Å². The summed E-state index contributed by atoms with van der Waals surface area (Å²) in [5.74, 6) is 4.41. The van der Waals surface area contributed by atoms with Gasteiger partial charge in [0.15, 0.2) is 74.5 Å². The molecule has 0 spiro atoms. The predicted octanol–water partition coefficient (Wildman–Crippen LogP) is 25.9. The summed E-state index contributed by atoms with van der Waals surface area (Å²) in [6, 6.07) is 42.8. The molecule has 5 aliphatic heterocycles. The highest BCUT2D eigenvalue weighted by atomic mass is 16.4. The Morgan fingerprint density at radius 3 is 0.775 bits per heavy atom. The monoisotopic (exact) mass is 1850 g/mol. The number of fused-ring (bicyclic) bond motifs is 20. The maximum atomic E-state index is 8.78. The van der Waals surface area contributed by atoms with Gasteiger partial charge in [-0.25, -0.2) is 64.8 Å². The lowest BCUT2D eigenvalue weighted by Gasteiger charge is -2.33. The van der Waals surface area contributed by atoms with Crippen molar-refractivity contribution in [1.82, 2.24) is 64.8 Å². The Morgan fingerprint density at radius 2 is 0.486 bits per heavy atom. The number of anilines is 15. The Morgan fingerprint density at radius 1 is 0.254 bits per heavy atom. The maximum absolute atomic E-state index is 8.78. The molecule has 0 aliphatic carbocycles. The SMILES string of the molecule is [2H]C(C)(C)N1c2ncccc2N(c2c(C)ccc3c2oc2nc(C)ccc23)[C@H]1C.[2H]C(C)(C)N1c2nccnc2N(c2c(C)ccc3c2oc2nc(C)ccc23)[C@H]1C.[2H]C([2H])([2H])C([2H])(C)N1c2ncccc2N(c2c(C)ccc3c2oc2nc(C)ccc23)[C@H]1C.[2H]C([2H])([2H])C([2H])(C)N1c2nccnc2N(c2c(C)ccc3c2oc2nc(C)ccc23)[C@H]1C.[2H]C([2H])([2H])N1c2nccnc2N(c2c(C)ccc3c2oc2nc(C)ccc23)[C@H]1C. The summed E-state index contributed by atoms with van der Waals surface area (Å²) in [7, 11) is 0. The lowest BCUT2D eigenvalue weighted by Crippen LogP contribution is -2.42. The standard InChI is InChI=1S/2C23H24N4O.2C22H23N5O.C20H19N5O/c2*1-13(2)26-16(5)27(19-7-6-12-24-22(19)26)20-14(3)8-10-17-18-11-9-15(4)25-23(18)28-21(17)20;2*1-12(2)26-15(5)27(21-20(26)23-10-11-24-21)18-13(3)6-8-16-17-9-7-14(4)25-22(17)28-19(16)18;1-11-5-7-14-15-8-6-12(2)23-20(15)26-17(14)16(11)25-13(3)24(4)18-19(25)22-10-9-21-18/h2*6-13,16H,1-5H3;2*6-12,15H,1-5H3;5-10,13H,1-4H3/t2*16-;2*15-;13-/m00000/s1/i1D3,13D;13D;1D3,12D;12D;4D3/t13?,16-;m;12?,15-;2m. The summed E-state index contributed by atoms with van der Waals surface area (Å²) in [6.07, 6.45) is 11.2. The van der Waals surface area contributed by atoms with Crippen molar-refractivity contribution in [2.45, 2.75) is 214 Å². The Balaban J connectivity index is 0.000000110. The Bertz CT molecular complexity index is 8180. The average Bonchev–Trinajstić information content (AvgIpc) is 1.56. The highest BCUT2D eigenvalue weighted by Crippen LogP contribution is 2.55. The molecule has 0 N–H and O–H groups in total. The molecule has 28 nitrogen and oxygen atoms in total. The molecule has 7 atom stereocenters. The molecule has 5 aromatic carbocycles. The summed E-state index contributed by atoms with van der Waals surface area (Å²) < 4.78 is 138. The minimum atomic E-state index is -2.56. The Hall–Kier alpha value is -15.6. The molecule has 15 aromatic heterocycles. The van der Waals surface area contributed by atoms with Crippen LogP contribution in [0.5, 0.6) is 0 Å². The molecule has 0 bridgehead atoms. The van der Waals surface area contributed by atoms with Crippen LogP contribution < -0.4 is 49.0 Å². The van der Waals surface area contributed by atoms with E-state index < -0.39 is 63.2 Å². The van der Waals surface area contributed by atoms with Crippen LogP contribution in [-0.4, -0.2) is 127 Å². The van der Waals surface area contributed by atoms with Gasteiger partial charge in [0.25, 0.3) is 0 Å². The molecule has 0 amide bonds. The number of aromatic nitrogens is 13. The average molecular weight is 1850 g/mol. The van der Waals surface area contributed by atoms with Gasteiger partial charge in [0.05, 0.1) is 45.3 Å². The van der Waals surface area contributed by atoms with Crippen LogP contribution in [0.25, 0.3) is 110 Å². The molecule has 20 aromatic rings. The first kappa shape index (κ1) is 74.7. The maximum Gasteiger partial charge on any atom is 0.227 e. The van der Waals surface area contributed by atoms with Gasteiger partial charge >= 0.3 is 0 Å². The fourth-order valence-corrected chi connectivity index (χ4v) is 20.4. The molecular weight excluding hydrogens is 1720 g/mol. The van der Waals surface area contributed by atoms with Crippen LogP contribution >= 0.6 is 0 Å². The summed E-state index contributed by atoms with van der Waals surface area (Å²) >= 11 is 0. The smallest absolute Gasteiger partial charge is 0.227 e. The van der Waals surface area contributed by atoms with Crippen LogP contribution in [-0.2, 0) is 0 Å². The third-order valence-electron chi connectivity index (χ3n) is 26.6. The van der Waals surface area contributed by atoms with E-state index in [1.807, 2.05) is 231 Å². The van der Waals surface area contributed by atoms with Gasteiger partial charge in [-0.15, -0.1) is 0 Å². The zero-order valence-electron chi connectivity index (χ0n) is 93.7. The first-order chi connectivity index (χ1) is 71.3. The molecule has 2 unspecified atom stereocenters. The predicted molar refractivity (Wildman–Crippen MR) is 556 cm³/mol. The number of aryl methyl sites for hydroxylation is 10. The van der Waals surface area contributed by atoms with Crippen LogP contribution in [0, 0.1) is 69.2 Å². The third kappa shape index (κ3) is 14.4. The van der Waals surface area contributed by atoms with Gasteiger partial charge in [-0.3, -0.25) is 14.7 Å². The lowest BCUT2D eigenvalue weighted by molar-refractivity contribution is 0.597. The zero-order valence-corrected chi connectivity index (χ0v) is 80.7. The van der Waals surface area contributed by atoms with Gasteiger partial charge in [-0.2, -0.15) is 0 Å². The molecule has 698 valence electrons. The van der Waals surface area contributed by atoms with Crippen LogP contribution in [0.4, 0.5) is 86.4 Å². The summed E-state index contributed by atoms with van der Waals surface area (Å²) in [4.78, 5) is 77.4. The van der Waals surface area contributed by atoms with E-state index in [1.165, 1.54) is 36.0 Å². The molecule has 0 saturated heterocycles. The van der Waals surface area contributed by atoms with E-state index in [-0.39, 0.29) is 12.3 Å². The van der Waals surface area contributed by atoms with Gasteiger partial charge in [0, 0.05) is 175 Å². The fraction of sp³-hybridized carbons (Fsp3) is 0.300. The molecule has 138 heavy (non-hydrogen) atoms. The second-order valence-corrected chi connectivity index (χ2v) is 36.3. The minimum absolute atomic E-state index is 0.0837. The van der Waals surface area contributed by atoms with E-state index in [9.17, 15) is 0 Å². The molecular formula is C110H113N23O5. The number of benzene rings is 5. The van der Waals surface area contributed by atoms with Crippen molar-refractivity contribution in [2.24, 2.45) is 0 Å².